The summed E-state index contributed by atoms with van der Waals surface area (Å²) in [5.74, 6) is 0.206. The van der Waals surface area contributed by atoms with Crippen LogP contribution in [0.4, 0.5) is 0 Å². The third-order valence-corrected chi connectivity index (χ3v) is 3.96. The standard InChI is InChI=1S/C14H23N5O3/c1-3-19-6-4-10(5-7-19)8-11(20)16-9-12-17-13(18-22-12)14(21)15-2/h10H,3-9H2,1-2H3,(H,15,21)(H,16,20). The summed E-state index contributed by atoms with van der Waals surface area (Å²) in [6.45, 7) is 5.51. The van der Waals surface area contributed by atoms with Gasteiger partial charge in [-0.2, -0.15) is 4.98 Å². The Morgan fingerprint density at radius 3 is 2.73 bits per heavy atom. The monoisotopic (exact) mass is 309 g/mol. The summed E-state index contributed by atoms with van der Waals surface area (Å²) >= 11 is 0. The number of carbonyl (C=O) groups excluding carboxylic acids is 2. The van der Waals surface area contributed by atoms with E-state index in [0.717, 1.165) is 32.5 Å². The molecule has 22 heavy (non-hydrogen) atoms. The van der Waals surface area contributed by atoms with Gasteiger partial charge in [-0.1, -0.05) is 12.1 Å². The number of carbonyl (C=O) groups is 2. The first-order valence-electron chi connectivity index (χ1n) is 7.66. The summed E-state index contributed by atoms with van der Waals surface area (Å²) in [5, 5.41) is 8.71. The summed E-state index contributed by atoms with van der Waals surface area (Å²) in [4.78, 5) is 29.5. The quantitative estimate of drug-likeness (QED) is 0.777. The van der Waals surface area contributed by atoms with Crippen LogP contribution in [0.3, 0.4) is 0 Å². The Balaban J connectivity index is 1.71. The molecule has 1 aromatic heterocycles. The van der Waals surface area contributed by atoms with E-state index in [2.05, 4.69) is 32.6 Å². The molecule has 0 aromatic carbocycles. The molecular weight excluding hydrogens is 286 g/mol. The Bertz CT molecular complexity index is 508. The maximum Gasteiger partial charge on any atom is 0.292 e. The van der Waals surface area contributed by atoms with Crippen LogP contribution in [-0.4, -0.2) is 53.5 Å². The molecule has 0 spiro atoms. The summed E-state index contributed by atoms with van der Waals surface area (Å²) in [6, 6.07) is 0. The van der Waals surface area contributed by atoms with Crippen LogP contribution in [0.2, 0.25) is 0 Å². The van der Waals surface area contributed by atoms with Crippen LogP contribution in [0.15, 0.2) is 4.52 Å². The number of hydrogen-bond donors (Lipinski definition) is 2. The van der Waals surface area contributed by atoms with E-state index in [-0.39, 0.29) is 24.2 Å². The smallest absolute Gasteiger partial charge is 0.292 e. The van der Waals surface area contributed by atoms with Crippen molar-refractivity contribution in [2.75, 3.05) is 26.7 Å². The van der Waals surface area contributed by atoms with Gasteiger partial charge < -0.3 is 20.1 Å². The van der Waals surface area contributed by atoms with Crippen LogP contribution in [0.1, 0.15) is 42.7 Å². The van der Waals surface area contributed by atoms with E-state index in [0.29, 0.717) is 12.3 Å². The van der Waals surface area contributed by atoms with Crippen LogP contribution in [0.5, 0.6) is 0 Å². The fourth-order valence-electron chi connectivity index (χ4n) is 2.55. The maximum absolute atomic E-state index is 11.9. The highest BCUT2D eigenvalue weighted by atomic mass is 16.5. The van der Waals surface area contributed by atoms with Crippen molar-refractivity contribution in [1.82, 2.24) is 25.7 Å². The fourth-order valence-corrected chi connectivity index (χ4v) is 2.55. The summed E-state index contributed by atoms with van der Waals surface area (Å²) < 4.78 is 4.91. The minimum absolute atomic E-state index is 0.0189. The molecule has 2 amide bonds. The van der Waals surface area contributed by atoms with Crippen LogP contribution in [-0.2, 0) is 11.3 Å². The van der Waals surface area contributed by atoms with E-state index in [9.17, 15) is 9.59 Å². The normalized spacial score (nSPS) is 16.5. The second kappa shape index (κ2) is 7.88. The highest BCUT2D eigenvalue weighted by molar-refractivity contribution is 5.89. The lowest BCUT2D eigenvalue weighted by Crippen LogP contribution is -2.35. The highest BCUT2D eigenvalue weighted by Gasteiger charge is 2.21. The Morgan fingerprint density at radius 1 is 1.36 bits per heavy atom. The molecule has 0 radical (unpaired) electrons. The van der Waals surface area contributed by atoms with Gasteiger partial charge in [-0.05, 0) is 38.4 Å². The number of nitrogens with one attached hydrogen (secondary N) is 2. The predicted molar refractivity (Wildman–Crippen MR) is 79.0 cm³/mol. The van der Waals surface area contributed by atoms with Gasteiger partial charge in [-0.15, -0.1) is 0 Å². The molecule has 2 rings (SSSR count). The minimum atomic E-state index is -0.413. The second-order valence-electron chi connectivity index (χ2n) is 5.45. The molecule has 0 bridgehead atoms. The molecule has 1 saturated heterocycles. The zero-order chi connectivity index (χ0) is 15.9. The van der Waals surface area contributed by atoms with Gasteiger partial charge in [0.25, 0.3) is 11.7 Å². The van der Waals surface area contributed by atoms with Crippen molar-refractivity contribution in [3.63, 3.8) is 0 Å². The third-order valence-electron chi connectivity index (χ3n) is 3.96. The average Bonchev–Trinajstić information content (AvgIpc) is 3.02. The van der Waals surface area contributed by atoms with Gasteiger partial charge in [-0.25, -0.2) is 0 Å². The number of piperidine rings is 1. The topological polar surface area (TPSA) is 100 Å². The van der Waals surface area contributed by atoms with Crippen molar-refractivity contribution in [1.29, 1.82) is 0 Å². The van der Waals surface area contributed by atoms with Crippen molar-refractivity contribution in [2.24, 2.45) is 5.92 Å². The lowest BCUT2D eigenvalue weighted by molar-refractivity contribution is -0.122. The zero-order valence-electron chi connectivity index (χ0n) is 13.1. The molecule has 0 atom stereocenters. The summed E-state index contributed by atoms with van der Waals surface area (Å²) in [6.07, 6.45) is 2.64. The molecule has 0 unspecified atom stereocenters. The van der Waals surface area contributed by atoms with E-state index in [4.69, 9.17) is 4.52 Å². The van der Waals surface area contributed by atoms with Crippen LogP contribution in [0.25, 0.3) is 0 Å². The van der Waals surface area contributed by atoms with Gasteiger partial charge in [0.15, 0.2) is 0 Å². The molecule has 0 saturated carbocycles. The van der Waals surface area contributed by atoms with Gasteiger partial charge >= 0.3 is 0 Å². The SMILES string of the molecule is CCN1CCC(CC(=O)NCc2nc(C(=O)NC)no2)CC1. The maximum atomic E-state index is 11.9. The molecule has 122 valence electrons. The second-order valence-corrected chi connectivity index (χ2v) is 5.45. The Kier molecular flexibility index (Phi) is 5.88. The third kappa shape index (κ3) is 4.52. The lowest BCUT2D eigenvalue weighted by Gasteiger charge is -2.30. The number of nitrogens with zero attached hydrogens (tertiary/aromatic N) is 3. The number of amides is 2. The predicted octanol–water partition coefficient (Wildman–Crippen LogP) is 0.167. The fraction of sp³-hybridized carbons (Fsp3) is 0.714. The summed E-state index contributed by atoms with van der Waals surface area (Å²) in [5.41, 5.74) is 0. The van der Waals surface area contributed by atoms with Crippen molar-refractivity contribution in [2.45, 2.75) is 32.7 Å². The molecule has 1 aromatic rings. The average molecular weight is 309 g/mol. The molecule has 1 aliphatic heterocycles. The van der Waals surface area contributed by atoms with E-state index in [1.807, 2.05) is 0 Å². The number of hydrogen-bond acceptors (Lipinski definition) is 6. The van der Waals surface area contributed by atoms with E-state index >= 15 is 0 Å². The van der Waals surface area contributed by atoms with Gasteiger partial charge in [0.1, 0.15) is 0 Å². The van der Waals surface area contributed by atoms with Crippen molar-refractivity contribution in [3.8, 4) is 0 Å². The molecule has 8 nitrogen and oxygen atoms in total. The number of rotatable bonds is 6. The minimum Gasteiger partial charge on any atom is -0.352 e. The lowest BCUT2D eigenvalue weighted by atomic mass is 9.93. The molecule has 1 fully saturated rings. The first-order valence-corrected chi connectivity index (χ1v) is 7.66. The van der Waals surface area contributed by atoms with E-state index in [1.165, 1.54) is 7.05 Å². The van der Waals surface area contributed by atoms with Crippen LogP contribution in [0, 0.1) is 5.92 Å². The van der Waals surface area contributed by atoms with Crippen LogP contribution >= 0.6 is 0 Å². The first-order chi connectivity index (χ1) is 10.6. The highest BCUT2D eigenvalue weighted by Crippen LogP contribution is 2.20. The molecule has 2 N–H and O–H groups in total. The molecule has 2 heterocycles. The van der Waals surface area contributed by atoms with Crippen LogP contribution < -0.4 is 10.6 Å². The van der Waals surface area contributed by atoms with E-state index < -0.39 is 5.91 Å². The molecular formula is C14H23N5O3. The molecule has 8 heteroatoms. The first kappa shape index (κ1) is 16.4. The van der Waals surface area contributed by atoms with Crippen molar-refractivity contribution >= 4 is 11.8 Å². The van der Waals surface area contributed by atoms with Gasteiger partial charge in [-0.3, -0.25) is 9.59 Å². The number of aromatic nitrogens is 2. The van der Waals surface area contributed by atoms with Crippen molar-refractivity contribution in [3.05, 3.63) is 11.7 Å². The van der Waals surface area contributed by atoms with Gasteiger partial charge in [0.05, 0.1) is 6.54 Å². The Hall–Kier alpha value is -1.96. The van der Waals surface area contributed by atoms with E-state index in [1.54, 1.807) is 0 Å². The summed E-state index contributed by atoms with van der Waals surface area (Å²) in [7, 11) is 1.49. The Labute approximate surface area is 129 Å². The molecule has 1 aliphatic rings. The van der Waals surface area contributed by atoms with Crippen molar-refractivity contribution < 1.29 is 14.1 Å². The molecule has 0 aliphatic carbocycles. The largest absolute Gasteiger partial charge is 0.352 e. The zero-order valence-corrected chi connectivity index (χ0v) is 13.1. The van der Waals surface area contributed by atoms with Gasteiger partial charge in [0, 0.05) is 13.5 Å². The van der Waals surface area contributed by atoms with Gasteiger partial charge in [0.2, 0.25) is 11.8 Å². The Morgan fingerprint density at radius 2 is 2.09 bits per heavy atom. The number of likely N-dealkylation sites (tertiary alicyclic amines) is 1.